The van der Waals surface area contributed by atoms with Gasteiger partial charge in [0, 0.05) is 27.2 Å². The highest BCUT2D eigenvalue weighted by atomic mass is 79.9. The van der Waals surface area contributed by atoms with E-state index in [1.807, 2.05) is 49.4 Å². The first-order chi connectivity index (χ1) is 19.3. The third-order valence-electron chi connectivity index (χ3n) is 7.40. The van der Waals surface area contributed by atoms with E-state index in [0.717, 1.165) is 52.6 Å². The Balaban J connectivity index is 1.59. The maximum atomic E-state index is 14.0. The van der Waals surface area contributed by atoms with Gasteiger partial charge in [-0.25, -0.2) is 4.98 Å². The second kappa shape index (κ2) is 12.6. The van der Waals surface area contributed by atoms with Gasteiger partial charge in [-0.15, -0.1) is 0 Å². The van der Waals surface area contributed by atoms with E-state index in [1.54, 1.807) is 10.8 Å². The van der Waals surface area contributed by atoms with Gasteiger partial charge in [-0.2, -0.15) is 0 Å². The molecule has 0 bridgehead atoms. The number of nitrogens with zero attached hydrogens (tertiary/aromatic N) is 2. The van der Waals surface area contributed by atoms with Gasteiger partial charge in [0.25, 0.3) is 5.56 Å². The monoisotopic (exact) mass is 619 g/mol. The molecule has 1 saturated carbocycles. The summed E-state index contributed by atoms with van der Waals surface area (Å²) < 4.78 is 8.20. The van der Waals surface area contributed by atoms with Crippen LogP contribution in [0.1, 0.15) is 63.0 Å². The molecule has 40 heavy (non-hydrogen) atoms. The number of halogens is 1. The maximum Gasteiger partial charge on any atom is 0.262 e. The predicted octanol–water partition coefficient (Wildman–Crippen LogP) is 7.89. The first-order valence-electron chi connectivity index (χ1n) is 13.8. The molecule has 208 valence electrons. The fourth-order valence-corrected chi connectivity index (χ4v) is 6.35. The second-order valence-electron chi connectivity index (χ2n) is 10.6. The molecule has 1 fully saturated rings. The molecule has 1 N–H and O–H groups in total. The molecular weight excluding hydrogens is 586 g/mol. The van der Waals surface area contributed by atoms with Crippen LogP contribution in [-0.4, -0.2) is 27.3 Å². The van der Waals surface area contributed by atoms with Crippen molar-refractivity contribution in [2.45, 2.75) is 70.0 Å². The zero-order valence-electron chi connectivity index (χ0n) is 23.1. The fraction of sp³-hybridized carbons (Fsp3) is 0.344. The fourth-order valence-electron chi connectivity index (χ4n) is 5.27. The van der Waals surface area contributed by atoms with Gasteiger partial charge in [0.05, 0.1) is 23.4 Å². The van der Waals surface area contributed by atoms with E-state index in [0.29, 0.717) is 22.1 Å². The van der Waals surface area contributed by atoms with Crippen LogP contribution in [0.4, 0.5) is 0 Å². The van der Waals surface area contributed by atoms with Gasteiger partial charge in [-0.1, -0.05) is 72.9 Å². The minimum atomic E-state index is -0.152. The summed E-state index contributed by atoms with van der Waals surface area (Å²) in [7, 11) is 0. The molecule has 0 atom stereocenters. The normalized spacial score (nSPS) is 14.0. The van der Waals surface area contributed by atoms with Crippen LogP contribution < -0.4 is 10.9 Å². The molecule has 4 aromatic rings. The highest BCUT2D eigenvalue weighted by molar-refractivity contribution is 9.10. The lowest BCUT2D eigenvalue weighted by atomic mass is 9.91. The number of carbonyl (C=O) groups excluding carboxylic acids is 1. The molecule has 1 aliphatic carbocycles. The number of hydrogen-bond donors (Lipinski definition) is 1. The summed E-state index contributed by atoms with van der Waals surface area (Å²) in [5.41, 5.74) is 4.65. The van der Waals surface area contributed by atoms with Crippen LogP contribution in [0.25, 0.3) is 28.3 Å². The lowest BCUT2D eigenvalue weighted by Gasteiger charge is -2.23. The number of furan rings is 1. The summed E-state index contributed by atoms with van der Waals surface area (Å²) in [6.07, 6.45) is 7.24. The van der Waals surface area contributed by atoms with E-state index < -0.39 is 0 Å². The van der Waals surface area contributed by atoms with E-state index in [9.17, 15) is 9.59 Å². The molecule has 2 heterocycles. The van der Waals surface area contributed by atoms with E-state index >= 15 is 0 Å². The van der Waals surface area contributed by atoms with Gasteiger partial charge in [-0.05, 0) is 73.7 Å². The number of rotatable bonds is 8. The van der Waals surface area contributed by atoms with Crippen molar-refractivity contribution in [3.8, 4) is 28.3 Å². The van der Waals surface area contributed by atoms with Gasteiger partial charge in [-0.3, -0.25) is 14.2 Å². The summed E-state index contributed by atoms with van der Waals surface area (Å²) in [4.78, 5) is 32.0. The molecule has 1 aliphatic rings. The number of hydrogen-bond acceptors (Lipinski definition) is 5. The summed E-state index contributed by atoms with van der Waals surface area (Å²) in [6.45, 7) is 6.10. The van der Waals surface area contributed by atoms with Crippen LogP contribution in [0, 0.1) is 6.92 Å². The minimum absolute atomic E-state index is 0.0293. The number of nitrogens with one attached hydrogen (secondary N) is 1. The summed E-state index contributed by atoms with van der Waals surface area (Å²) in [5.74, 6) is 1.13. The Kier molecular flexibility index (Phi) is 8.96. The zero-order valence-corrected chi connectivity index (χ0v) is 25.5. The lowest BCUT2D eigenvalue weighted by Crippen LogP contribution is -2.37. The zero-order chi connectivity index (χ0) is 28.2. The smallest absolute Gasteiger partial charge is 0.262 e. The van der Waals surface area contributed by atoms with Crippen LogP contribution in [-0.2, 0) is 4.79 Å². The first-order valence-corrected chi connectivity index (χ1v) is 15.6. The first kappa shape index (κ1) is 28.4. The van der Waals surface area contributed by atoms with Crippen LogP contribution in [0.5, 0.6) is 0 Å². The quantitative estimate of drug-likeness (QED) is 0.160. The van der Waals surface area contributed by atoms with Gasteiger partial charge < -0.3 is 9.73 Å². The van der Waals surface area contributed by atoms with E-state index in [2.05, 4.69) is 47.2 Å². The van der Waals surface area contributed by atoms with Gasteiger partial charge in [0.15, 0.2) is 5.16 Å². The maximum absolute atomic E-state index is 14.0. The molecule has 0 spiro atoms. The van der Waals surface area contributed by atoms with E-state index in [1.165, 1.54) is 18.2 Å². The predicted molar refractivity (Wildman–Crippen MR) is 165 cm³/mol. The number of amides is 1. The molecule has 8 heteroatoms. The molecule has 1 amide bonds. The third-order valence-corrected chi connectivity index (χ3v) is 8.87. The van der Waals surface area contributed by atoms with Crippen molar-refractivity contribution in [1.29, 1.82) is 0 Å². The Morgan fingerprint density at radius 2 is 1.88 bits per heavy atom. The van der Waals surface area contributed by atoms with Gasteiger partial charge >= 0.3 is 0 Å². The molecule has 5 rings (SSSR count). The van der Waals surface area contributed by atoms with Gasteiger partial charge in [0.1, 0.15) is 5.76 Å². The molecule has 0 saturated heterocycles. The Morgan fingerprint density at radius 3 is 2.55 bits per heavy atom. The summed E-state index contributed by atoms with van der Waals surface area (Å²) in [5, 5.41) is 3.67. The van der Waals surface area contributed by atoms with Crippen molar-refractivity contribution in [2.75, 3.05) is 5.75 Å². The van der Waals surface area contributed by atoms with Crippen molar-refractivity contribution >= 4 is 33.6 Å². The number of benzene rings is 2. The van der Waals surface area contributed by atoms with E-state index in [4.69, 9.17) is 9.40 Å². The van der Waals surface area contributed by atoms with Crippen LogP contribution in [0.3, 0.4) is 0 Å². The molecule has 2 aromatic heterocycles. The van der Waals surface area contributed by atoms with Crippen LogP contribution in [0.2, 0.25) is 0 Å². The van der Waals surface area contributed by atoms with Crippen molar-refractivity contribution in [2.24, 2.45) is 0 Å². The molecular formula is C32H34BrN3O3S. The lowest BCUT2D eigenvalue weighted by molar-refractivity contribution is -0.119. The standard InChI is InChI=1S/C32H34BrN3O3S/c1-20(2)26-16-11-22(28-10-7-17-39-28)18-27(26)30-21(3)31(38)36(25-14-12-23(33)13-15-25)32(35-30)40-19-29(37)34-24-8-5-4-6-9-24/h7,10-18,20,24H,4-6,8-9,19H2,1-3H3,(H,34,37). The Morgan fingerprint density at radius 1 is 1.12 bits per heavy atom. The molecule has 6 nitrogen and oxygen atoms in total. The largest absolute Gasteiger partial charge is 0.464 e. The average Bonchev–Trinajstić information content (AvgIpc) is 3.50. The Bertz CT molecular complexity index is 1540. The molecule has 0 radical (unpaired) electrons. The van der Waals surface area contributed by atoms with Crippen LogP contribution >= 0.6 is 27.7 Å². The molecule has 0 aliphatic heterocycles. The van der Waals surface area contributed by atoms with Crippen LogP contribution in [0.15, 0.2) is 79.7 Å². The van der Waals surface area contributed by atoms with Crippen molar-refractivity contribution in [3.63, 3.8) is 0 Å². The molecule has 0 unspecified atom stereocenters. The summed E-state index contributed by atoms with van der Waals surface area (Å²) >= 11 is 4.78. The van der Waals surface area contributed by atoms with Crippen molar-refractivity contribution < 1.29 is 9.21 Å². The number of aromatic nitrogens is 2. The SMILES string of the molecule is Cc1c(-c2cc(-c3ccco3)ccc2C(C)C)nc(SCC(=O)NC2CCCCC2)n(-c2ccc(Br)cc2)c1=O. The highest BCUT2D eigenvalue weighted by Gasteiger charge is 2.22. The Labute approximate surface area is 247 Å². The minimum Gasteiger partial charge on any atom is -0.464 e. The van der Waals surface area contributed by atoms with Crippen molar-refractivity contribution in [3.05, 3.63) is 86.8 Å². The summed E-state index contributed by atoms with van der Waals surface area (Å²) in [6, 6.07) is 17.8. The topological polar surface area (TPSA) is 77.1 Å². The van der Waals surface area contributed by atoms with Crippen molar-refractivity contribution in [1.82, 2.24) is 14.9 Å². The third kappa shape index (κ3) is 6.28. The van der Waals surface area contributed by atoms with Gasteiger partial charge in [0.2, 0.25) is 5.91 Å². The molecule has 2 aromatic carbocycles. The van der Waals surface area contributed by atoms with E-state index in [-0.39, 0.29) is 29.2 Å². The highest BCUT2D eigenvalue weighted by Crippen LogP contribution is 2.35. The Hall–Kier alpha value is -3.10. The number of carbonyl (C=O) groups is 1. The second-order valence-corrected chi connectivity index (χ2v) is 12.5. The average molecular weight is 621 g/mol. The number of thioether (sulfide) groups is 1.